The van der Waals surface area contributed by atoms with Gasteiger partial charge in [-0.15, -0.1) is 0 Å². The van der Waals surface area contributed by atoms with Crippen LogP contribution in [0.3, 0.4) is 0 Å². The van der Waals surface area contributed by atoms with E-state index in [2.05, 4.69) is 35.1 Å². The van der Waals surface area contributed by atoms with Crippen molar-refractivity contribution in [3.63, 3.8) is 0 Å². The molecule has 0 amide bonds. The summed E-state index contributed by atoms with van der Waals surface area (Å²) in [6, 6.07) is 28.2. The summed E-state index contributed by atoms with van der Waals surface area (Å²) in [7, 11) is 0. The average Bonchev–Trinajstić information content (AvgIpc) is 2.62. The summed E-state index contributed by atoms with van der Waals surface area (Å²) in [4.78, 5) is 4.49. The van der Waals surface area contributed by atoms with Crippen molar-refractivity contribution in [2.24, 2.45) is 4.99 Å². The van der Waals surface area contributed by atoms with E-state index in [4.69, 9.17) is 11.6 Å². The van der Waals surface area contributed by atoms with Crippen LogP contribution < -0.4 is 0 Å². The molecule has 0 aromatic heterocycles. The smallest absolute Gasteiger partial charge is 0.0734 e. The van der Waals surface area contributed by atoms with E-state index in [1.165, 1.54) is 0 Å². The van der Waals surface area contributed by atoms with E-state index < -0.39 is 0 Å². The molecule has 2 heteroatoms. The summed E-state index contributed by atoms with van der Waals surface area (Å²) >= 11 is 5.91. The normalized spacial score (nSPS) is 9.96. The first-order chi connectivity index (χ1) is 11.3. The molecule has 3 aromatic rings. The van der Waals surface area contributed by atoms with Gasteiger partial charge in [-0.3, -0.25) is 0 Å². The van der Waals surface area contributed by atoms with Gasteiger partial charge >= 0.3 is 0 Å². The van der Waals surface area contributed by atoms with Crippen molar-refractivity contribution in [1.82, 2.24) is 0 Å². The minimum absolute atomic E-state index is 0.584. The van der Waals surface area contributed by atoms with Gasteiger partial charge in [-0.1, -0.05) is 84.4 Å². The maximum atomic E-state index is 5.91. The molecule has 0 atom stereocenters. The molecular weight excluding hydrogens is 302 g/mol. The zero-order valence-electron chi connectivity index (χ0n) is 12.6. The van der Waals surface area contributed by atoms with Crippen molar-refractivity contribution in [2.75, 3.05) is 0 Å². The molecule has 0 fully saturated rings. The summed E-state index contributed by atoms with van der Waals surface area (Å²) in [6.45, 7) is 0.584. The largest absolute Gasteiger partial charge is 0.238 e. The molecule has 0 radical (unpaired) electrons. The molecular formula is C21H16ClN. The Kier molecular flexibility index (Phi) is 5.06. The molecule has 0 saturated carbocycles. The summed E-state index contributed by atoms with van der Waals surface area (Å²) < 4.78 is 0. The van der Waals surface area contributed by atoms with Gasteiger partial charge in [0, 0.05) is 5.02 Å². The molecule has 23 heavy (non-hydrogen) atoms. The Morgan fingerprint density at radius 2 is 1.26 bits per heavy atom. The van der Waals surface area contributed by atoms with Gasteiger partial charge in [-0.2, -0.15) is 0 Å². The molecule has 0 spiro atoms. The third kappa shape index (κ3) is 4.20. The first kappa shape index (κ1) is 15.3. The fourth-order valence-corrected chi connectivity index (χ4v) is 2.43. The van der Waals surface area contributed by atoms with E-state index in [1.54, 1.807) is 0 Å². The number of aliphatic imine (C=N–C) groups is 1. The molecule has 3 rings (SSSR count). The van der Waals surface area contributed by atoms with Gasteiger partial charge in [-0.05, 0) is 34.7 Å². The van der Waals surface area contributed by atoms with Crippen molar-refractivity contribution >= 4 is 23.0 Å². The lowest BCUT2D eigenvalue weighted by atomic mass is 9.99. The predicted octanol–water partition coefficient (Wildman–Crippen LogP) is 5.64. The lowest BCUT2D eigenvalue weighted by molar-refractivity contribution is 1.08. The minimum atomic E-state index is 0.584. The molecule has 0 aliphatic carbocycles. The van der Waals surface area contributed by atoms with Gasteiger partial charge in [0.15, 0.2) is 0 Å². The van der Waals surface area contributed by atoms with Crippen LogP contribution in [0.1, 0.15) is 16.7 Å². The molecule has 0 unspecified atom stereocenters. The maximum absolute atomic E-state index is 5.91. The Morgan fingerprint density at radius 3 is 1.78 bits per heavy atom. The van der Waals surface area contributed by atoms with E-state index in [-0.39, 0.29) is 0 Å². The van der Waals surface area contributed by atoms with Crippen LogP contribution in [0.2, 0.25) is 5.02 Å². The summed E-state index contributed by atoms with van der Waals surface area (Å²) in [5.41, 5.74) is 4.33. The average molecular weight is 318 g/mol. The van der Waals surface area contributed by atoms with Crippen molar-refractivity contribution in [1.29, 1.82) is 0 Å². The van der Waals surface area contributed by atoms with E-state index in [0.717, 1.165) is 27.3 Å². The lowest BCUT2D eigenvalue weighted by Crippen LogP contribution is -1.89. The van der Waals surface area contributed by atoms with E-state index in [1.807, 2.05) is 60.7 Å². The number of hydrogen-bond donors (Lipinski definition) is 0. The van der Waals surface area contributed by atoms with Crippen LogP contribution in [-0.4, -0.2) is 5.87 Å². The number of nitrogens with zero attached hydrogens (tertiary/aromatic N) is 1. The Hall–Kier alpha value is -2.60. The van der Waals surface area contributed by atoms with Gasteiger partial charge in [0.2, 0.25) is 0 Å². The number of rotatable bonds is 4. The van der Waals surface area contributed by atoms with Crippen LogP contribution in [-0.2, 0) is 6.54 Å². The van der Waals surface area contributed by atoms with Crippen molar-refractivity contribution < 1.29 is 0 Å². The zero-order valence-corrected chi connectivity index (χ0v) is 13.4. The Bertz CT molecular complexity index is 773. The lowest BCUT2D eigenvalue weighted by Gasteiger charge is -2.04. The van der Waals surface area contributed by atoms with Crippen LogP contribution >= 0.6 is 11.6 Å². The molecule has 1 nitrogen and oxygen atoms in total. The molecule has 3 aromatic carbocycles. The third-order valence-corrected chi connectivity index (χ3v) is 3.74. The number of halogens is 1. The van der Waals surface area contributed by atoms with Crippen molar-refractivity contribution in [3.8, 4) is 0 Å². The highest BCUT2D eigenvalue weighted by Gasteiger charge is 2.03. The number of benzene rings is 3. The van der Waals surface area contributed by atoms with Gasteiger partial charge < -0.3 is 0 Å². The fourth-order valence-electron chi connectivity index (χ4n) is 2.31. The highest BCUT2D eigenvalue weighted by atomic mass is 35.5. The summed E-state index contributed by atoms with van der Waals surface area (Å²) in [6.07, 6.45) is 0. The Balaban J connectivity index is 1.94. The van der Waals surface area contributed by atoms with Crippen molar-refractivity contribution in [3.05, 3.63) is 107 Å². The molecule has 0 heterocycles. The van der Waals surface area contributed by atoms with Gasteiger partial charge in [-0.25, -0.2) is 4.99 Å². The first-order valence-electron chi connectivity index (χ1n) is 7.48. The van der Waals surface area contributed by atoms with Gasteiger partial charge in [0.25, 0.3) is 0 Å². The maximum Gasteiger partial charge on any atom is 0.0734 e. The van der Waals surface area contributed by atoms with E-state index >= 15 is 0 Å². The second-order valence-electron chi connectivity index (χ2n) is 5.16. The van der Waals surface area contributed by atoms with Gasteiger partial charge in [0.1, 0.15) is 0 Å². The molecule has 0 aliphatic rings. The molecule has 0 saturated heterocycles. The quantitative estimate of drug-likeness (QED) is 0.552. The Morgan fingerprint density at radius 1 is 0.739 bits per heavy atom. The van der Waals surface area contributed by atoms with Crippen LogP contribution in [0, 0.1) is 0 Å². The zero-order chi connectivity index (χ0) is 15.9. The predicted molar refractivity (Wildman–Crippen MR) is 98.0 cm³/mol. The van der Waals surface area contributed by atoms with E-state index in [0.29, 0.717) is 6.54 Å². The molecule has 112 valence electrons. The van der Waals surface area contributed by atoms with E-state index in [9.17, 15) is 0 Å². The van der Waals surface area contributed by atoms with Crippen molar-refractivity contribution in [2.45, 2.75) is 6.54 Å². The molecule has 0 bridgehead atoms. The van der Waals surface area contributed by atoms with Crippen LogP contribution in [0.5, 0.6) is 0 Å². The van der Waals surface area contributed by atoms with Crippen LogP contribution in [0.4, 0.5) is 0 Å². The second-order valence-corrected chi connectivity index (χ2v) is 5.60. The fraction of sp³-hybridized carbons (Fsp3) is 0.0476. The van der Waals surface area contributed by atoms with Gasteiger partial charge in [0.05, 0.1) is 12.1 Å². The molecule has 0 N–H and O–H groups in total. The minimum Gasteiger partial charge on any atom is -0.238 e. The van der Waals surface area contributed by atoms with Crippen LogP contribution in [0.25, 0.3) is 5.57 Å². The third-order valence-electron chi connectivity index (χ3n) is 3.49. The molecule has 0 aliphatic heterocycles. The number of hydrogen-bond acceptors (Lipinski definition) is 1. The highest BCUT2D eigenvalue weighted by Crippen LogP contribution is 2.20. The summed E-state index contributed by atoms with van der Waals surface area (Å²) in [5.74, 6) is 3.22. The second kappa shape index (κ2) is 7.60. The first-order valence-corrected chi connectivity index (χ1v) is 7.85. The van der Waals surface area contributed by atoms with Crippen LogP contribution in [0.15, 0.2) is 89.9 Å². The highest BCUT2D eigenvalue weighted by molar-refractivity contribution is 6.30. The standard InChI is InChI=1S/C21H16ClN/c22-20-13-11-17(12-14-20)15-23-16-21(18-7-3-1-4-8-18)19-9-5-2-6-10-19/h1-14H,15H2. The topological polar surface area (TPSA) is 12.4 Å². The monoisotopic (exact) mass is 317 g/mol. The Labute approximate surface area is 141 Å². The summed E-state index contributed by atoms with van der Waals surface area (Å²) in [5, 5.41) is 0.738. The SMILES string of the molecule is Clc1ccc(CN=C=C(c2ccccc2)c2ccccc2)cc1.